The molecule has 1 aliphatic rings. The van der Waals surface area contributed by atoms with Crippen LogP contribution in [-0.2, 0) is 11.3 Å². The fourth-order valence-corrected chi connectivity index (χ4v) is 3.29. The van der Waals surface area contributed by atoms with E-state index in [0.717, 1.165) is 28.7 Å². The quantitative estimate of drug-likeness (QED) is 0.886. The van der Waals surface area contributed by atoms with Crippen molar-refractivity contribution < 1.29 is 9.53 Å². The summed E-state index contributed by atoms with van der Waals surface area (Å²) in [6.07, 6.45) is 0. The molecule has 4 nitrogen and oxygen atoms in total. The maximum Gasteiger partial charge on any atom is 0.238 e. The number of thioether (sulfide) groups is 1. The SMILES string of the molecule is Cc1ccc(Oc2ccccc2CNC(=O)C2CSCN2)cc1. The zero-order valence-electron chi connectivity index (χ0n) is 13.0. The summed E-state index contributed by atoms with van der Waals surface area (Å²) in [6, 6.07) is 15.6. The molecule has 120 valence electrons. The number of carbonyl (C=O) groups is 1. The van der Waals surface area contributed by atoms with Crippen LogP contribution >= 0.6 is 11.8 Å². The summed E-state index contributed by atoms with van der Waals surface area (Å²) < 4.78 is 5.95. The van der Waals surface area contributed by atoms with Crippen molar-refractivity contribution in [2.24, 2.45) is 0 Å². The first-order valence-electron chi connectivity index (χ1n) is 7.63. The van der Waals surface area contributed by atoms with Gasteiger partial charge in [0.25, 0.3) is 0 Å². The van der Waals surface area contributed by atoms with Crippen LogP contribution in [0.5, 0.6) is 11.5 Å². The summed E-state index contributed by atoms with van der Waals surface area (Å²) in [5.74, 6) is 3.27. The van der Waals surface area contributed by atoms with Crippen LogP contribution in [-0.4, -0.2) is 23.6 Å². The predicted molar refractivity (Wildman–Crippen MR) is 93.8 cm³/mol. The highest BCUT2D eigenvalue weighted by atomic mass is 32.2. The van der Waals surface area contributed by atoms with Crippen molar-refractivity contribution in [3.05, 3.63) is 59.7 Å². The van der Waals surface area contributed by atoms with Gasteiger partial charge in [0.1, 0.15) is 11.5 Å². The number of para-hydroxylation sites is 1. The Kier molecular flexibility index (Phi) is 5.20. The summed E-state index contributed by atoms with van der Waals surface area (Å²) in [5, 5.41) is 6.15. The molecule has 0 spiro atoms. The third-order valence-corrected chi connectivity index (χ3v) is 4.65. The van der Waals surface area contributed by atoms with E-state index in [4.69, 9.17) is 4.74 Å². The van der Waals surface area contributed by atoms with Crippen molar-refractivity contribution in [3.8, 4) is 11.5 Å². The number of ether oxygens (including phenoxy) is 1. The minimum atomic E-state index is -0.0924. The van der Waals surface area contributed by atoms with E-state index in [-0.39, 0.29) is 11.9 Å². The Morgan fingerprint density at radius 1 is 1.26 bits per heavy atom. The molecule has 0 saturated carbocycles. The summed E-state index contributed by atoms with van der Waals surface area (Å²) in [4.78, 5) is 12.1. The van der Waals surface area contributed by atoms with E-state index < -0.39 is 0 Å². The minimum absolute atomic E-state index is 0.0418. The van der Waals surface area contributed by atoms with Crippen LogP contribution in [0.25, 0.3) is 0 Å². The Bertz CT molecular complexity index is 667. The molecule has 5 heteroatoms. The molecular formula is C18H20N2O2S. The lowest BCUT2D eigenvalue weighted by Crippen LogP contribution is -2.41. The molecule has 1 fully saturated rings. The average molecular weight is 328 g/mol. The number of aryl methyl sites for hydroxylation is 1. The van der Waals surface area contributed by atoms with Gasteiger partial charge in [0, 0.05) is 23.7 Å². The average Bonchev–Trinajstić information content (AvgIpc) is 3.10. The topological polar surface area (TPSA) is 50.4 Å². The fraction of sp³-hybridized carbons (Fsp3) is 0.278. The Labute approximate surface area is 140 Å². The third kappa shape index (κ3) is 4.27. The van der Waals surface area contributed by atoms with Crippen LogP contribution in [0, 0.1) is 6.92 Å². The number of hydrogen-bond acceptors (Lipinski definition) is 4. The zero-order chi connectivity index (χ0) is 16.1. The molecule has 0 bridgehead atoms. The number of benzene rings is 2. The van der Waals surface area contributed by atoms with Crippen molar-refractivity contribution in [1.29, 1.82) is 0 Å². The molecular weight excluding hydrogens is 308 g/mol. The molecule has 0 aromatic heterocycles. The van der Waals surface area contributed by atoms with Crippen LogP contribution in [0.15, 0.2) is 48.5 Å². The van der Waals surface area contributed by atoms with E-state index in [9.17, 15) is 4.79 Å². The lowest BCUT2D eigenvalue weighted by Gasteiger charge is -2.14. The number of amides is 1. The summed E-state index contributed by atoms with van der Waals surface area (Å²) in [7, 11) is 0. The Morgan fingerprint density at radius 2 is 2.04 bits per heavy atom. The molecule has 0 aliphatic carbocycles. The lowest BCUT2D eigenvalue weighted by molar-refractivity contribution is -0.122. The highest BCUT2D eigenvalue weighted by Gasteiger charge is 2.22. The molecule has 2 N–H and O–H groups in total. The zero-order valence-corrected chi connectivity index (χ0v) is 13.9. The lowest BCUT2D eigenvalue weighted by atomic mass is 10.2. The van der Waals surface area contributed by atoms with Crippen molar-refractivity contribution in [2.75, 3.05) is 11.6 Å². The first kappa shape index (κ1) is 15.9. The molecule has 1 amide bonds. The second kappa shape index (κ2) is 7.53. The van der Waals surface area contributed by atoms with Crippen molar-refractivity contribution in [3.63, 3.8) is 0 Å². The standard InChI is InChI=1S/C18H20N2O2S/c1-13-6-8-15(9-7-13)22-17-5-3-2-4-14(17)10-19-18(21)16-11-23-12-20-16/h2-9,16,20H,10-12H2,1H3,(H,19,21). The normalized spacial score (nSPS) is 17.0. The van der Waals surface area contributed by atoms with Crippen molar-refractivity contribution in [1.82, 2.24) is 10.6 Å². The van der Waals surface area contributed by atoms with E-state index in [2.05, 4.69) is 10.6 Å². The number of carbonyl (C=O) groups excluding carboxylic acids is 1. The maximum absolute atomic E-state index is 12.1. The minimum Gasteiger partial charge on any atom is -0.457 e. The van der Waals surface area contributed by atoms with Crippen LogP contribution in [0.2, 0.25) is 0 Å². The second-order valence-corrected chi connectivity index (χ2v) is 6.54. The number of rotatable bonds is 5. The Balaban J connectivity index is 1.65. The van der Waals surface area contributed by atoms with Gasteiger partial charge in [0.2, 0.25) is 5.91 Å². The number of hydrogen-bond donors (Lipinski definition) is 2. The Morgan fingerprint density at radius 3 is 2.78 bits per heavy atom. The smallest absolute Gasteiger partial charge is 0.238 e. The largest absolute Gasteiger partial charge is 0.457 e. The van der Waals surface area contributed by atoms with Gasteiger partial charge in [-0.05, 0) is 25.1 Å². The summed E-state index contributed by atoms with van der Waals surface area (Å²) in [6.45, 7) is 2.51. The third-order valence-electron chi connectivity index (χ3n) is 3.71. The van der Waals surface area contributed by atoms with Crippen LogP contribution in [0.4, 0.5) is 0 Å². The molecule has 1 unspecified atom stereocenters. The first-order valence-corrected chi connectivity index (χ1v) is 8.79. The molecule has 3 rings (SSSR count). The van der Waals surface area contributed by atoms with Crippen molar-refractivity contribution in [2.45, 2.75) is 19.5 Å². The van der Waals surface area contributed by atoms with Crippen LogP contribution in [0.3, 0.4) is 0 Å². The molecule has 1 aliphatic heterocycles. The van der Waals surface area contributed by atoms with Gasteiger partial charge in [-0.25, -0.2) is 0 Å². The monoisotopic (exact) mass is 328 g/mol. The van der Waals surface area contributed by atoms with Gasteiger partial charge >= 0.3 is 0 Å². The molecule has 1 atom stereocenters. The summed E-state index contributed by atoms with van der Waals surface area (Å²) >= 11 is 1.74. The molecule has 2 aromatic rings. The molecule has 0 radical (unpaired) electrons. The van der Waals surface area contributed by atoms with Crippen LogP contribution in [0.1, 0.15) is 11.1 Å². The molecule has 2 aromatic carbocycles. The number of nitrogens with one attached hydrogen (secondary N) is 2. The summed E-state index contributed by atoms with van der Waals surface area (Å²) in [5.41, 5.74) is 2.16. The van der Waals surface area contributed by atoms with E-state index in [1.54, 1.807) is 11.8 Å². The van der Waals surface area contributed by atoms with E-state index in [1.807, 2.05) is 55.5 Å². The Hall–Kier alpha value is -1.98. The van der Waals surface area contributed by atoms with E-state index in [1.165, 1.54) is 5.56 Å². The van der Waals surface area contributed by atoms with Gasteiger partial charge in [-0.2, -0.15) is 0 Å². The first-order chi connectivity index (χ1) is 11.2. The van der Waals surface area contributed by atoms with Gasteiger partial charge in [0.15, 0.2) is 0 Å². The van der Waals surface area contributed by atoms with E-state index in [0.29, 0.717) is 6.54 Å². The second-order valence-electron chi connectivity index (χ2n) is 5.51. The molecule has 1 saturated heterocycles. The van der Waals surface area contributed by atoms with Gasteiger partial charge < -0.3 is 10.1 Å². The highest BCUT2D eigenvalue weighted by molar-refractivity contribution is 7.99. The van der Waals surface area contributed by atoms with Gasteiger partial charge in [-0.15, -0.1) is 11.8 Å². The van der Waals surface area contributed by atoms with Crippen molar-refractivity contribution >= 4 is 17.7 Å². The van der Waals surface area contributed by atoms with Gasteiger partial charge in [-0.1, -0.05) is 35.9 Å². The van der Waals surface area contributed by atoms with E-state index >= 15 is 0 Å². The highest BCUT2D eigenvalue weighted by Crippen LogP contribution is 2.25. The maximum atomic E-state index is 12.1. The van der Waals surface area contributed by atoms with Crippen LogP contribution < -0.4 is 15.4 Å². The molecule has 1 heterocycles. The molecule has 23 heavy (non-hydrogen) atoms. The fourth-order valence-electron chi connectivity index (χ4n) is 2.35. The van der Waals surface area contributed by atoms with Gasteiger partial charge in [-0.3, -0.25) is 10.1 Å². The van der Waals surface area contributed by atoms with Gasteiger partial charge in [0.05, 0.1) is 6.04 Å². The predicted octanol–water partition coefficient (Wildman–Crippen LogP) is 3.07.